The zero-order valence-electron chi connectivity index (χ0n) is 16.2. The molecule has 148 valence electrons. The first-order valence-electron chi connectivity index (χ1n) is 8.95. The number of rotatable bonds is 2. The highest BCUT2D eigenvalue weighted by molar-refractivity contribution is 6.63. The van der Waals surface area contributed by atoms with Crippen molar-refractivity contribution in [2.45, 2.75) is 51.6 Å². The molecule has 0 spiro atoms. The van der Waals surface area contributed by atoms with Crippen LogP contribution in [0.5, 0.6) is 11.5 Å². The Morgan fingerprint density at radius 1 is 0.893 bits per heavy atom. The van der Waals surface area contributed by atoms with Gasteiger partial charge in [-0.05, 0) is 45.9 Å². The first kappa shape index (κ1) is 19.5. The molecule has 0 aliphatic carbocycles. The molecule has 2 aromatic carbocycles. The minimum absolute atomic E-state index is 0.0456. The van der Waals surface area contributed by atoms with Crippen LogP contribution in [0.4, 0.5) is 8.78 Å². The van der Waals surface area contributed by atoms with Gasteiger partial charge in [-0.2, -0.15) is 0 Å². The summed E-state index contributed by atoms with van der Waals surface area (Å²) in [5.41, 5.74) is -0.850. The molecule has 0 bridgehead atoms. The summed E-state index contributed by atoms with van der Waals surface area (Å²) < 4.78 is 53.0. The zero-order chi connectivity index (χ0) is 20.5. The normalized spacial score (nSPS) is 24.6. The second kappa shape index (κ2) is 6.08. The van der Waals surface area contributed by atoms with Gasteiger partial charge in [0.2, 0.25) is 0 Å². The Labute approximate surface area is 167 Å². The molecular weight excluding hydrogens is 388 g/mol. The van der Waals surface area contributed by atoms with E-state index in [0.29, 0.717) is 17.0 Å². The van der Waals surface area contributed by atoms with Crippen LogP contribution in [0.15, 0.2) is 30.3 Å². The molecule has 2 aromatic rings. The summed E-state index contributed by atoms with van der Waals surface area (Å²) >= 11 is 5.73. The van der Waals surface area contributed by atoms with E-state index in [-0.39, 0.29) is 10.6 Å². The lowest BCUT2D eigenvalue weighted by molar-refractivity contribution is -0.0732. The third-order valence-electron chi connectivity index (χ3n) is 5.58. The Bertz CT molecular complexity index is 926. The van der Waals surface area contributed by atoms with E-state index in [0.717, 1.165) is 12.1 Å². The van der Waals surface area contributed by atoms with E-state index in [1.807, 2.05) is 27.7 Å². The minimum atomic E-state index is -1.69. The van der Waals surface area contributed by atoms with Gasteiger partial charge in [-0.25, -0.2) is 8.78 Å². The van der Waals surface area contributed by atoms with Crippen LogP contribution in [0, 0.1) is 11.6 Å². The standard InChI is InChI=1S/C20H20BClF2O4/c1-18(2)19(3,4)28-21(27-18)12-7-6-8-15-17(12)26-20(5,25-15)16-13(23)9-11(22)10-14(16)24/h6-10H,1-5H3. The van der Waals surface area contributed by atoms with Crippen LogP contribution in [0.2, 0.25) is 5.02 Å². The van der Waals surface area contributed by atoms with E-state index >= 15 is 0 Å². The smallest absolute Gasteiger partial charge is 0.445 e. The van der Waals surface area contributed by atoms with Gasteiger partial charge in [-0.15, -0.1) is 0 Å². The summed E-state index contributed by atoms with van der Waals surface area (Å²) in [6.07, 6.45) is 0. The number of para-hydroxylation sites is 1. The number of benzene rings is 2. The van der Waals surface area contributed by atoms with Crippen LogP contribution in [0.3, 0.4) is 0 Å². The van der Waals surface area contributed by atoms with E-state index in [1.165, 1.54) is 6.92 Å². The molecule has 1 fully saturated rings. The van der Waals surface area contributed by atoms with Crippen LogP contribution >= 0.6 is 11.6 Å². The predicted octanol–water partition coefficient (Wildman–Crippen LogP) is 4.56. The van der Waals surface area contributed by atoms with Crippen molar-refractivity contribution in [3.63, 3.8) is 0 Å². The van der Waals surface area contributed by atoms with Crippen molar-refractivity contribution in [1.29, 1.82) is 0 Å². The second-order valence-corrected chi connectivity index (χ2v) is 8.59. The van der Waals surface area contributed by atoms with E-state index < -0.39 is 35.7 Å². The lowest BCUT2D eigenvalue weighted by Gasteiger charge is -2.32. The third kappa shape index (κ3) is 2.88. The molecule has 4 rings (SSSR count). The fourth-order valence-corrected chi connectivity index (χ4v) is 3.57. The van der Waals surface area contributed by atoms with Crippen molar-refractivity contribution in [3.8, 4) is 11.5 Å². The summed E-state index contributed by atoms with van der Waals surface area (Å²) in [4.78, 5) is 0. The average Bonchev–Trinajstić information content (AvgIpc) is 2.98. The quantitative estimate of drug-likeness (QED) is 0.683. The number of ether oxygens (including phenoxy) is 2. The summed E-state index contributed by atoms with van der Waals surface area (Å²) in [6.45, 7) is 9.22. The first-order valence-corrected chi connectivity index (χ1v) is 9.33. The molecule has 0 saturated carbocycles. The molecule has 2 aliphatic heterocycles. The molecule has 0 aromatic heterocycles. The molecule has 1 saturated heterocycles. The van der Waals surface area contributed by atoms with Crippen molar-refractivity contribution in [1.82, 2.24) is 0 Å². The average molecular weight is 409 g/mol. The van der Waals surface area contributed by atoms with E-state index in [4.69, 9.17) is 30.4 Å². The molecule has 0 radical (unpaired) electrons. The van der Waals surface area contributed by atoms with Crippen molar-refractivity contribution in [3.05, 3.63) is 52.6 Å². The van der Waals surface area contributed by atoms with Gasteiger partial charge in [0.15, 0.2) is 11.5 Å². The van der Waals surface area contributed by atoms with Gasteiger partial charge in [-0.1, -0.05) is 23.7 Å². The van der Waals surface area contributed by atoms with E-state index in [9.17, 15) is 8.78 Å². The lowest BCUT2D eigenvalue weighted by Crippen LogP contribution is -2.41. The van der Waals surface area contributed by atoms with Gasteiger partial charge in [0.1, 0.15) is 17.2 Å². The third-order valence-corrected chi connectivity index (χ3v) is 5.80. The zero-order valence-corrected chi connectivity index (χ0v) is 17.0. The highest BCUT2D eigenvalue weighted by Gasteiger charge is 2.54. The van der Waals surface area contributed by atoms with Crippen molar-refractivity contribution in [2.24, 2.45) is 0 Å². The van der Waals surface area contributed by atoms with E-state index in [2.05, 4.69) is 0 Å². The number of halogens is 3. The molecule has 4 nitrogen and oxygen atoms in total. The highest BCUT2D eigenvalue weighted by Crippen LogP contribution is 2.46. The van der Waals surface area contributed by atoms with Crippen LogP contribution in [0.1, 0.15) is 40.2 Å². The van der Waals surface area contributed by atoms with Crippen LogP contribution in [0.25, 0.3) is 0 Å². The van der Waals surface area contributed by atoms with Crippen molar-refractivity contribution >= 4 is 24.2 Å². The summed E-state index contributed by atoms with van der Waals surface area (Å²) in [5.74, 6) is -2.71. The van der Waals surface area contributed by atoms with E-state index in [1.54, 1.807) is 18.2 Å². The molecule has 2 aliphatic rings. The SMILES string of the molecule is CC1(c2c(F)cc(Cl)cc2F)Oc2cccc(B3OC(C)(C)C(C)(C)O3)c2O1. The summed E-state index contributed by atoms with van der Waals surface area (Å²) in [5, 5.41) is -0.0456. The monoisotopic (exact) mass is 408 g/mol. The molecule has 0 amide bonds. The molecule has 1 unspecified atom stereocenters. The predicted molar refractivity (Wildman–Crippen MR) is 102 cm³/mol. The Morgan fingerprint density at radius 2 is 1.46 bits per heavy atom. The summed E-state index contributed by atoms with van der Waals surface area (Å²) in [6, 6.07) is 7.25. The number of fused-ring (bicyclic) bond motifs is 1. The second-order valence-electron chi connectivity index (χ2n) is 8.16. The molecule has 1 atom stereocenters. The van der Waals surface area contributed by atoms with Gasteiger partial charge in [0.05, 0.1) is 11.2 Å². The number of hydrogen-bond acceptors (Lipinski definition) is 4. The largest absolute Gasteiger partial charge is 0.498 e. The molecular formula is C20H20BClF2O4. The number of hydrogen-bond donors (Lipinski definition) is 0. The Hall–Kier alpha value is -1.83. The first-order chi connectivity index (χ1) is 12.9. The van der Waals surface area contributed by atoms with Crippen molar-refractivity contribution in [2.75, 3.05) is 0 Å². The van der Waals surface area contributed by atoms with Crippen LogP contribution < -0.4 is 14.9 Å². The van der Waals surface area contributed by atoms with Gasteiger partial charge in [0, 0.05) is 17.4 Å². The molecule has 28 heavy (non-hydrogen) atoms. The summed E-state index contributed by atoms with van der Waals surface area (Å²) in [7, 11) is -0.703. The molecule has 0 N–H and O–H groups in total. The Kier molecular flexibility index (Phi) is 4.24. The molecule has 2 heterocycles. The van der Waals surface area contributed by atoms with Crippen LogP contribution in [-0.4, -0.2) is 18.3 Å². The minimum Gasteiger partial charge on any atom is -0.445 e. The van der Waals surface area contributed by atoms with Gasteiger partial charge in [0.25, 0.3) is 5.79 Å². The Balaban J connectivity index is 1.74. The fourth-order valence-electron chi connectivity index (χ4n) is 3.38. The maximum atomic E-state index is 14.5. The highest BCUT2D eigenvalue weighted by atomic mass is 35.5. The maximum Gasteiger partial charge on any atom is 0.498 e. The van der Waals surface area contributed by atoms with Gasteiger partial charge in [-0.3, -0.25) is 0 Å². The van der Waals surface area contributed by atoms with Gasteiger partial charge < -0.3 is 18.8 Å². The maximum absolute atomic E-state index is 14.5. The Morgan fingerprint density at radius 3 is 2.04 bits per heavy atom. The molecule has 8 heteroatoms. The van der Waals surface area contributed by atoms with Crippen molar-refractivity contribution < 1.29 is 27.6 Å². The van der Waals surface area contributed by atoms with Gasteiger partial charge >= 0.3 is 7.12 Å². The lowest BCUT2D eigenvalue weighted by atomic mass is 9.78. The topological polar surface area (TPSA) is 36.9 Å². The van der Waals surface area contributed by atoms with Crippen LogP contribution in [-0.2, 0) is 15.1 Å². The fraction of sp³-hybridized carbons (Fsp3) is 0.400.